The topological polar surface area (TPSA) is 80.6 Å². The van der Waals surface area contributed by atoms with E-state index in [9.17, 15) is 18.4 Å². The van der Waals surface area contributed by atoms with Crippen molar-refractivity contribution < 1.29 is 23.1 Å². The van der Waals surface area contributed by atoms with Crippen LogP contribution in [0.5, 0.6) is 5.75 Å². The Labute approximate surface area is 224 Å². The van der Waals surface area contributed by atoms with E-state index in [4.69, 9.17) is 4.74 Å². The number of carbonyl (C=O) groups excluding carboxylic acids is 2. The molecule has 2 amide bonds. The van der Waals surface area contributed by atoms with Gasteiger partial charge in [0.1, 0.15) is 23.7 Å². The Morgan fingerprint density at radius 2 is 1.87 bits per heavy atom. The Balaban J connectivity index is 1.50. The molecule has 4 aromatic rings. The van der Waals surface area contributed by atoms with Crippen molar-refractivity contribution in [2.45, 2.75) is 46.4 Å². The van der Waals surface area contributed by atoms with Gasteiger partial charge in [0.05, 0.1) is 24.1 Å². The molecule has 3 heterocycles. The second kappa shape index (κ2) is 10.1. The van der Waals surface area contributed by atoms with Crippen LogP contribution in [-0.2, 0) is 16.2 Å². The van der Waals surface area contributed by atoms with Crippen LogP contribution in [0.2, 0.25) is 0 Å². The van der Waals surface area contributed by atoms with E-state index in [1.165, 1.54) is 32.8 Å². The Morgan fingerprint density at radius 3 is 2.59 bits per heavy atom. The third-order valence-corrected chi connectivity index (χ3v) is 7.35. The molecule has 8 nitrogen and oxygen atoms in total. The summed E-state index contributed by atoms with van der Waals surface area (Å²) in [5, 5.41) is 4.82. The molecule has 5 rings (SSSR count). The van der Waals surface area contributed by atoms with Crippen LogP contribution in [0.15, 0.2) is 48.8 Å². The van der Waals surface area contributed by atoms with Gasteiger partial charge >= 0.3 is 11.8 Å². The van der Waals surface area contributed by atoms with Crippen LogP contribution in [0.4, 0.5) is 8.78 Å². The number of halogens is 2. The van der Waals surface area contributed by atoms with Crippen LogP contribution < -0.4 is 4.74 Å². The lowest BCUT2D eigenvalue weighted by Crippen LogP contribution is -2.57. The summed E-state index contributed by atoms with van der Waals surface area (Å²) < 4.78 is 36.0. The van der Waals surface area contributed by atoms with Crippen LogP contribution in [0.1, 0.15) is 42.3 Å². The zero-order valence-electron chi connectivity index (χ0n) is 22.4. The van der Waals surface area contributed by atoms with E-state index in [0.717, 1.165) is 17.1 Å². The molecule has 0 radical (unpaired) electrons. The maximum atomic E-state index is 14.6. The molecule has 39 heavy (non-hydrogen) atoms. The summed E-state index contributed by atoms with van der Waals surface area (Å²) in [6, 6.07) is 9.37. The van der Waals surface area contributed by atoms with Crippen LogP contribution in [0, 0.1) is 25.5 Å². The van der Waals surface area contributed by atoms with Gasteiger partial charge in [-0.25, -0.2) is 18.4 Å². The number of rotatable bonds is 6. The molecule has 1 saturated heterocycles. The summed E-state index contributed by atoms with van der Waals surface area (Å²) in [5.41, 5.74) is 3.88. The maximum absolute atomic E-state index is 14.6. The number of piperazine rings is 1. The molecule has 1 fully saturated rings. The lowest BCUT2D eigenvalue weighted by Gasteiger charge is -2.40. The van der Waals surface area contributed by atoms with Gasteiger partial charge in [0.2, 0.25) is 0 Å². The summed E-state index contributed by atoms with van der Waals surface area (Å²) in [7, 11) is 1.60. The van der Waals surface area contributed by atoms with Crippen molar-refractivity contribution in [2.75, 3.05) is 13.6 Å². The van der Waals surface area contributed by atoms with Crippen LogP contribution in [0.3, 0.4) is 0 Å². The molecule has 0 saturated carbocycles. The minimum absolute atomic E-state index is 0.0810. The first kappa shape index (κ1) is 26.3. The monoisotopic (exact) mass is 533 g/mol. The van der Waals surface area contributed by atoms with E-state index in [2.05, 4.69) is 10.1 Å². The Bertz CT molecular complexity index is 1600. The lowest BCUT2D eigenvalue weighted by atomic mass is 9.95. The van der Waals surface area contributed by atoms with Crippen molar-refractivity contribution in [3.05, 3.63) is 82.8 Å². The molecule has 2 atom stereocenters. The van der Waals surface area contributed by atoms with E-state index in [-0.39, 0.29) is 12.6 Å². The molecule has 1 aliphatic heterocycles. The third kappa shape index (κ3) is 4.82. The molecule has 10 heteroatoms. The SMILES string of the molecule is Cc1cc(-n2cc(F)cn2)c2cccc(OCc3c(C)cc(F)cc3[C@H](C)N3CC(C)N(C)C(=O)C3=O)c2n1. The number of ether oxygens (including phenoxy) is 1. The number of amides is 2. The molecule has 2 aromatic heterocycles. The number of carbonyl (C=O) groups is 2. The van der Waals surface area contributed by atoms with Crippen molar-refractivity contribution in [1.29, 1.82) is 0 Å². The maximum Gasteiger partial charge on any atom is 0.312 e. The Hall–Kier alpha value is -4.34. The number of hydrogen-bond acceptors (Lipinski definition) is 5. The predicted octanol–water partition coefficient (Wildman–Crippen LogP) is 4.64. The Morgan fingerprint density at radius 1 is 1.10 bits per heavy atom. The normalized spacial score (nSPS) is 16.7. The quantitative estimate of drug-likeness (QED) is 0.337. The van der Waals surface area contributed by atoms with Crippen LogP contribution >= 0.6 is 0 Å². The molecule has 2 aromatic carbocycles. The fourth-order valence-corrected chi connectivity index (χ4v) is 5.05. The molecule has 0 N–H and O–H groups in total. The van der Waals surface area contributed by atoms with Gasteiger partial charge in [0.25, 0.3) is 0 Å². The highest BCUT2D eigenvalue weighted by molar-refractivity contribution is 6.35. The first-order chi connectivity index (χ1) is 18.5. The second-order valence-corrected chi connectivity index (χ2v) is 10.0. The first-order valence-corrected chi connectivity index (χ1v) is 12.7. The number of likely N-dealkylation sites (N-methyl/N-ethyl adjacent to an activating group) is 1. The zero-order valence-corrected chi connectivity index (χ0v) is 22.4. The van der Waals surface area contributed by atoms with E-state index >= 15 is 0 Å². The number of nitrogens with zero attached hydrogens (tertiary/aromatic N) is 5. The standard InChI is InChI=1S/C29H29F2N5O3/c1-16-9-20(30)11-23(19(4)35-13-18(3)34(5)28(37)29(35)38)24(16)15-39-26-8-6-7-22-25(10-17(2)33-27(22)26)36-14-21(31)12-32-36/h6-12,14,18-19H,13,15H2,1-5H3/t18?,19-/m0/s1. The van der Waals surface area contributed by atoms with Gasteiger partial charge in [-0.3, -0.25) is 9.59 Å². The predicted molar refractivity (Wildman–Crippen MR) is 141 cm³/mol. The highest BCUT2D eigenvalue weighted by Crippen LogP contribution is 2.33. The number of benzene rings is 2. The number of aryl methyl sites for hydroxylation is 2. The van der Waals surface area contributed by atoms with Crippen molar-refractivity contribution >= 4 is 22.7 Å². The summed E-state index contributed by atoms with van der Waals surface area (Å²) >= 11 is 0. The highest BCUT2D eigenvalue weighted by Gasteiger charge is 2.38. The van der Waals surface area contributed by atoms with Gasteiger partial charge in [0.15, 0.2) is 5.82 Å². The van der Waals surface area contributed by atoms with E-state index < -0.39 is 29.5 Å². The summed E-state index contributed by atoms with van der Waals surface area (Å²) in [4.78, 5) is 32.9. The van der Waals surface area contributed by atoms with E-state index in [0.29, 0.717) is 40.3 Å². The second-order valence-electron chi connectivity index (χ2n) is 10.0. The molecule has 1 aliphatic rings. The van der Waals surface area contributed by atoms with Crippen molar-refractivity contribution in [1.82, 2.24) is 24.6 Å². The lowest BCUT2D eigenvalue weighted by molar-refractivity contribution is -0.159. The first-order valence-electron chi connectivity index (χ1n) is 12.7. The fraction of sp³-hybridized carbons (Fsp3) is 0.310. The average Bonchev–Trinajstić information content (AvgIpc) is 3.34. The van der Waals surface area contributed by atoms with Gasteiger partial charge < -0.3 is 14.5 Å². The van der Waals surface area contributed by atoms with E-state index in [1.807, 2.05) is 32.0 Å². The molecule has 0 aliphatic carbocycles. The largest absolute Gasteiger partial charge is 0.487 e. The molecule has 0 bridgehead atoms. The molecule has 0 spiro atoms. The minimum Gasteiger partial charge on any atom is -0.487 e. The molecular weight excluding hydrogens is 504 g/mol. The summed E-state index contributed by atoms with van der Waals surface area (Å²) in [5.74, 6) is -1.59. The molecular formula is C29H29F2N5O3. The number of fused-ring (bicyclic) bond motifs is 1. The van der Waals surface area contributed by atoms with Gasteiger partial charge in [-0.05, 0) is 68.7 Å². The van der Waals surface area contributed by atoms with Gasteiger partial charge in [0, 0.05) is 30.7 Å². The molecule has 1 unspecified atom stereocenters. The zero-order chi connectivity index (χ0) is 28.0. The van der Waals surface area contributed by atoms with Gasteiger partial charge in [-0.2, -0.15) is 5.10 Å². The molecule has 202 valence electrons. The highest BCUT2D eigenvalue weighted by atomic mass is 19.1. The minimum atomic E-state index is -0.617. The van der Waals surface area contributed by atoms with Crippen LogP contribution in [0.25, 0.3) is 16.6 Å². The number of para-hydroxylation sites is 1. The Kier molecular flexibility index (Phi) is 6.80. The van der Waals surface area contributed by atoms with Crippen LogP contribution in [-0.4, -0.2) is 56.0 Å². The summed E-state index contributed by atoms with van der Waals surface area (Å²) in [6.45, 7) is 7.69. The number of pyridine rings is 1. The van der Waals surface area contributed by atoms with Crippen molar-refractivity contribution in [2.24, 2.45) is 0 Å². The fourth-order valence-electron chi connectivity index (χ4n) is 5.05. The third-order valence-electron chi connectivity index (χ3n) is 7.35. The summed E-state index contributed by atoms with van der Waals surface area (Å²) in [6.07, 6.45) is 2.43. The smallest absolute Gasteiger partial charge is 0.312 e. The van der Waals surface area contributed by atoms with E-state index in [1.54, 1.807) is 27.0 Å². The van der Waals surface area contributed by atoms with Gasteiger partial charge in [-0.15, -0.1) is 0 Å². The average molecular weight is 534 g/mol. The number of hydrogen-bond donors (Lipinski definition) is 0. The van der Waals surface area contributed by atoms with Crippen molar-refractivity contribution in [3.63, 3.8) is 0 Å². The number of aromatic nitrogens is 3. The van der Waals surface area contributed by atoms with Crippen molar-refractivity contribution in [3.8, 4) is 11.4 Å². The van der Waals surface area contributed by atoms with Gasteiger partial charge in [-0.1, -0.05) is 12.1 Å².